The van der Waals surface area contributed by atoms with Gasteiger partial charge < -0.3 is 5.32 Å². The molecule has 0 saturated heterocycles. The molecule has 17 heavy (non-hydrogen) atoms. The lowest BCUT2D eigenvalue weighted by molar-refractivity contribution is 1.14. The largest absolute Gasteiger partial charge is 0.370 e. The Kier molecular flexibility index (Phi) is 2.67. The number of anilines is 1. The fourth-order valence-electron chi connectivity index (χ4n) is 1.74. The number of para-hydroxylation sites is 1. The van der Waals surface area contributed by atoms with Crippen molar-refractivity contribution in [3.05, 3.63) is 48.3 Å². The van der Waals surface area contributed by atoms with Crippen molar-refractivity contribution in [3.8, 4) is 0 Å². The van der Waals surface area contributed by atoms with Gasteiger partial charge in [0.25, 0.3) is 0 Å². The molecule has 1 N–H and O–H groups in total. The van der Waals surface area contributed by atoms with Crippen molar-refractivity contribution < 1.29 is 0 Å². The molecular formula is C12H10N4S. The van der Waals surface area contributed by atoms with Gasteiger partial charge in [-0.15, -0.1) is 5.10 Å². The van der Waals surface area contributed by atoms with Crippen LogP contribution in [0.5, 0.6) is 0 Å². The van der Waals surface area contributed by atoms with E-state index in [0.717, 1.165) is 17.1 Å². The summed E-state index contributed by atoms with van der Waals surface area (Å²) in [5.41, 5.74) is 2.25. The molecule has 84 valence electrons. The summed E-state index contributed by atoms with van der Waals surface area (Å²) in [5, 5.41) is 9.25. The molecule has 3 aromatic rings. The van der Waals surface area contributed by atoms with Crippen LogP contribution in [0, 0.1) is 0 Å². The second kappa shape index (κ2) is 4.47. The van der Waals surface area contributed by atoms with Gasteiger partial charge in [-0.05, 0) is 17.7 Å². The van der Waals surface area contributed by atoms with E-state index in [9.17, 15) is 0 Å². The molecule has 0 spiro atoms. The molecule has 0 saturated carbocycles. The van der Waals surface area contributed by atoms with Crippen molar-refractivity contribution >= 4 is 27.4 Å². The summed E-state index contributed by atoms with van der Waals surface area (Å²) in [4.78, 5) is 4.34. The predicted octanol–water partition coefficient (Wildman–Crippen LogP) is 2.70. The second-order valence-electron chi connectivity index (χ2n) is 3.62. The SMILES string of the molecule is c1ccc2c(CNc3cnns3)ccnc2c1. The molecule has 0 bridgehead atoms. The summed E-state index contributed by atoms with van der Waals surface area (Å²) >= 11 is 1.36. The lowest BCUT2D eigenvalue weighted by Crippen LogP contribution is -1.98. The molecule has 0 aliphatic carbocycles. The Morgan fingerprint density at radius 3 is 3.00 bits per heavy atom. The minimum Gasteiger partial charge on any atom is -0.370 e. The first kappa shape index (κ1) is 10.2. The van der Waals surface area contributed by atoms with Crippen LogP contribution < -0.4 is 5.32 Å². The molecule has 5 heteroatoms. The van der Waals surface area contributed by atoms with Crippen LogP contribution in [0.25, 0.3) is 10.9 Å². The third kappa shape index (κ3) is 2.09. The Labute approximate surface area is 102 Å². The van der Waals surface area contributed by atoms with Crippen LogP contribution in [0.15, 0.2) is 42.7 Å². The molecule has 0 atom stereocenters. The maximum absolute atomic E-state index is 4.34. The van der Waals surface area contributed by atoms with E-state index in [-0.39, 0.29) is 0 Å². The number of nitrogens with one attached hydrogen (secondary N) is 1. The summed E-state index contributed by atoms with van der Waals surface area (Å²) in [5.74, 6) is 0. The molecule has 2 heterocycles. The van der Waals surface area contributed by atoms with Gasteiger partial charge in [0.05, 0.1) is 11.7 Å². The van der Waals surface area contributed by atoms with Crippen LogP contribution in [0.3, 0.4) is 0 Å². The smallest absolute Gasteiger partial charge is 0.130 e. The van der Waals surface area contributed by atoms with Crippen LogP contribution in [0.4, 0.5) is 5.00 Å². The molecule has 0 aliphatic rings. The zero-order chi connectivity index (χ0) is 11.5. The van der Waals surface area contributed by atoms with Gasteiger partial charge in [-0.25, -0.2) is 0 Å². The zero-order valence-electron chi connectivity index (χ0n) is 9.00. The quantitative estimate of drug-likeness (QED) is 0.767. The van der Waals surface area contributed by atoms with Crippen molar-refractivity contribution in [3.63, 3.8) is 0 Å². The minimum atomic E-state index is 0.757. The van der Waals surface area contributed by atoms with Crippen LogP contribution in [-0.4, -0.2) is 14.6 Å². The predicted molar refractivity (Wildman–Crippen MR) is 69.0 cm³/mol. The molecule has 2 aromatic heterocycles. The normalized spacial score (nSPS) is 10.6. The molecule has 0 unspecified atom stereocenters. The highest BCUT2D eigenvalue weighted by molar-refractivity contribution is 7.09. The van der Waals surface area contributed by atoms with Crippen LogP contribution in [0.2, 0.25) is 0 Å². The van der Waals surface area contributed by atoms with E-state index in [1.165, 1.54) is 22.5 Å². The number of pyridine rings is 1. The first-order valence-electron chi connectivity index (χ1n) is 5.27. The molecular weight excluding hydrogens is 232 g/mol. The van der Waals surface area contributed by atoms with Gasteiger partial charge in [-0.3, -0.25) is 4.98 Å². The standard InChI is InChI=1S/C12H10N4S/c1-2-4-11-10(3-1)9(5-6-13-11)7-14-12-8-15-16-17-12/h1-6,8,14H,7H2. The number of rotatable bonds is 3. The van der Waals surface area contributed by atoms with Gasteiger partial charge in [-0.1, -0.05) is 22.7 Å². The second-order valence-corrected chi connectivity index (χ2v) is 4.41. The minimum absolute atomic E-state index is 0.757. The van der Waals surface area contributed by atoms with Gasteiger partial charge in [0.1, 0.15) is 5.00 Å². The summed E-state index contributed by atoms with van der Waals surface area (Å²) < 4.78 is 3.81. The molecule has 4 nitrogen and oxygen atoms in total. The third-order valence-electron chi connectivity index (χ3n) is 2.55. The molecule has 0 radical (unpaired) electrons. The van der Waals surface area contributed by atoms with Gasteiger partial charge >= 0.3 is 0 Å². The van der Waals surface area contributed by atoms with E-state index in [0.29, 0.717) is 0 Å². The molecule has 0 fully saturated rings. The summed E-state index contributed by atoms with van der Waals surface area (Å²) in [6.45, 7) is 0.757. The fraction of sp³-hybridized carbons (Fsp3) is 0.0833. The van der Waals surface area contributed by atoms with E-state index in [2.05, 4.69) is 26.0 Å². The summed E-state index contributed by atoms with van der Waals surface area (Å²) in [7, 11) is 0. The van der Waals surface area contributed by atoms with Crippen LogP contribution in [0.1, 0.15) is 5.56 Å². The molecule has 0 amide bonds. The topological polar surface area (TPSA) is 50.7 Å². The lowest BCUT2D eigenvalue weighted by atomic mass is 10.1. The molecule has 0 aliphatic heterocycles. The maximum atomic E-state index is 4.34. The lowest BCUT2D eigenvalue weighted by Gasteiger charge is -2.06. The van der Waals surface area contributed by atoms with Crippen LogP contribution >= 0.6 is 11.5 Å². The van der Waals surface area contributed by atoms with Gasteiger partial charge in [0.15, 0.2) is 0 Å². The third-order valence-corrected chi connectivity index (χ3v) is 3.18. The van der Waals surface area contributed by atoms with Gasteiger partial charge in [0.2, 0.25) is 0 Å². The molecule has 1 aromatic carbocycles. The summed E-state index contributed by atoms with van der Waals surface area (Å²) in [6.07, 6.45) is 3.57. The highest BCUT2D eigenvalue weighted by Gasteiger charge is 2.01. The van der Waals surface area contributed by atoms with E-state index < -0.39 is 0 Å². The fourth-order valence-corrected chi connectivity index (χ4v) is 2.15. The highest BCUT2D eigenvalue weighted by Crippen LogP contribution is 2.18. The number of fused-ring (bicyclic) bond motifs is 1. The van der Waals surface area contributed by atoms with E-state index >= 15 is 0 Å². The van der Waals surface area contributed by atoms with Crippen molar-refractivity contribution in [2.24, 2.45) is 0 Å². The molecule has 3 rings (SSSR count). The summed E-state index contributed by atoms with van der Waals surface area (Å²) in [6, 6.07) is 10.2. The Morgan fingerprint density at radius 2 is 2.12 bits per heavy atom. The zero-order valence-corrected chi connectivity index (χ0v) is 9.81. The monoisotopic (exact) mass is 242 g/mol. The first-order valence-corrected chi connectivity index (χ1v) is 6.05. The average molecular weight is 242 g/mol. The van der Waals surface area contributed by atoms with E-state index in [1.54, 1.807) is 6.20 Å². The van der Waals surface area contributed by atoms with Crippen molar-refractivity contribution in [2.45, 2.75) is 6.54 Å². The van der Waals surface area contributed by atoms with Crippen molar-refractivity contribution in [1.29, 1.82) is 0 Å². The highest BCUT2D eigenvalue weighted by atomic mass is 32.1. The Morgan fingerprint density at radius 1 is 1.18 bits per heavy atom. The Balaban J connectivity index is 1.90. The maximum Gasteiger partial charge on any atom is 0.130 e. The number of benzene rings is 1. The van der Waals surface area contributed by atoms with E-state index in [4.69, 9.17) is 0 Å². The number of nitrogens with zero attached hydrogens (tertiary/aromatic N) is 3. The Bertz CT molecular complexity index is 616. The number of hydrogen-bond acceptors (Lipinski definition) is 5. The Hall–Kier alpha value is -2.01. The van der Waals surface area contributed by atoms with Gasteiger partial charge in [0, 0.05) is 29.7 Å². The van der Waals surface area contributed by atoms with Gasteiger partial charge in [-0.2, -0.15) is 0 Å². The average Bonchev–Trinajstić information content (AvgIpc) is 2.89. The first-order chi connectivity index (χ1) is 8.43. The van der Waals surface area contributed by atoms with Crippen molar-refractivity contribution in [1.82, 2.24) is 14.6 Å². The number of aromatic nitrogens is 3. The van der Waals surface area contributed by atoms with E-state index in [1.807, 2.05) is 30.5 Å². The van der Waals surface area contributed by atoms with Crippen LogP contribution in [-0.2, 0) is 6.54 Å². The number of hydrogen-bond donors (Lipinski definition) is 1. The van der Waals surface area contributed by atoms with Crippen molar-refractivity contribution in [2.75, 3.05) is 5.32 Å².